The maximum Gasteiger partial charge on any atom is 0.127 e. The summed E-state index contributed by atoms with van der Waals surface area (Å²) in [5.41, 5.74) is 0.686. The molecular weight excluding hydrogens is 278 g/mol. The third-order valence-electron chi connectivity index (χ3n) is 3.03. The first kappa shape index (κ1) is 11.4. The van der Waals surface area contributed by atoms with Crippen molar-refractivity contribution in [3.8, 4) is 0 Å². The Bertz CT molecular complexity index is 333. The molecule has 0 aromatic heterocycles. The van der Waals surface area contributed by atoms with Crippen LogP contribution < -0.4 is 0 Å². The van der Waals surface area contributed by atoms with Gasteiger partial charge in [-0.2, -0.15) is 0 Å². The van der Waals surface area contributed by atoms with Crippen LogP contribution in [0, 0.1) is 11.7 Å². The van der Waals surface area contributed by atoms with Gasteiger partial charge in [0.25, 0.3) is 0 Å². The van der Waals surface area contributed by atoms with Gasteiger partial charge in [-0.3, -0.25) is 0 Å². The lowest BCUT2D eigenvalue weighted by Gasteiger charge is -2.11. The summed E-state index contributed by atoms with van der Waals surface area (Å²) >= 11 is 9.59. The zero-order valence-electron chi connectivity index (χ0n) is 8.35. The van der Waals surface area contributed by atoms with Gasteiger partial charge in [0.15, 0.2) is 0 Å². The van der Waals surface area contributed by atoms with Crippen molar-refractivity contribution in [1.82, 2.24) is 0 Å². The molecule has 1 saturated carbocycles. The van der Waals surface area contributed by atoms with E-state index in [0.717, 1.165) is 12.8 Å². The zero-order chi connectivity index (χ0) is 10.8. The van der Waals surface area contributed by atoms with Crippen LogP contribution in [0.1, 0.15) is 24.8 Å². The van der Waals surface area contributed by atoms with Crippen molar-refractivity contribution in [3.05, 3.63) is 34.6 Å². The van der Waals surface area contributed by atoms with Crippen molar-refractivity contribution < 1.29 is 4.39 Å². The summed E-state index contributed by atoms with van der Waals surface area (Å²) in [5.74, 6) is 0.407. The van der Waals surface area contributed by atoms with Crippen LogP contribution in [0.5, 0.6) is 0 Å². The summed E-state index contributed by atoms with van der Waals surface area (Å²) in [6, 6.07) is 4.91. The van der Waals surface area contributed by atoms with Gasteiger partial charge >= 0.3 is 0 Å². The van der Waals surface area contributed by atoms with E-state index in [1.54, 1.807) is 12.1 Å². The molecule has 1 aliphatic carbocycles. The highest BCUT2D eigenvalue weighted by Gasteiger charge is 2.24. The fraction of sp³-hybridized carbons (Fsp3) is 0.500. The molecule has 0 amide bonds. The van der Waals surface area contributed by atoms with E-state index in [4.69, 9.17) is 11.6 Å². The molecule has 0 saturated heterocycles. The first-order valence-electron chi connectivity index (χ1n) is 5.23. The van der Waals surface area contributed by atoms with Crippen LogP contribution in [-0.2, 0) is 6.42 Å². The predicted octanol–water partition coefficient (Wildman–Crippen LogP) is 4.59. The Kier molecular flexibility index (Phi) is 3.68. The van der Waals surface area contributed by atoms with E-state index in [9.17, 15) is 4.39 Å². The number of halogens is 3. The Balaban J connectivity index is 2.10. The van der Waals surface area contributed by atoms with Crippen LogP contribution in [0.4, 0.5) is 4.39 Å². The number of benzene rings is 1. The lowest BCUT2D eigenvalue weighted by Crippen LogP contribution is -2.03. The summed E-state index contributed by atoms with van der Waals surface area (Å²) in [4.78, 5) is 0.605. The van der Waals surface area contributed by atoms with E-state index in [2.05, 4.69) is 15.9 Å². The van der Waals surface area contributed by atoms with Crippen molar-refractivity contribution in [1.29, 1.82) is 0 Å². The van der Waals surface area contributed by atoms with Gasteiger partial charge in [-0.05, 0) is 43.7 Å². The molecule has 82 valence electrons. The van der Waals surface area contributed by atoms with Gasteiger partial charge in [-0.25, -0.2) is 4.39 Å². The van der Waals surface area contributed by atoms with E-state index in [0.29, 0.717) is 21.3 Å². The summed E-state index contributed by atoms with van der Waals surface area (Å²) in [5, 5.41) is 0.563. The molecule has 2 atom stereocenters. The van der Waals surface area contributed by atoms with E-state index in [-0.39, 0.29) is 5.82 Å². The molecule has 0 N–H and O–H groups in total. The summed E-state index contributed by atoms with van der Waals surface area (Å²) < 4.78 is 13.5. The first-order chi connectivity index (χ1) is 7.16. The molecule has 3 heteroatoms. The lowest BCUT2D eigenvalue weighted by atomic mass is 9.98. The molecule has 2 unspecified atom stereocenters. The smallest absolute Gasteiger partial charge is 0.127 e. The van der Waals surface area contributed by atoms with Crippen LogP contribution in [0.3, 0.4) is 0 Å². The third kappa shape index (κ3) is 2.73. The lowest BCUT2D eigenvalue weighted by molar-refractivity contribution is 0.522. The number of hydrogen-bond donors (Lipinski definition) is 0. The first-order valence-corrected chi connectivity index (χ1v) is 6.53. The quantitative estimate of drug-likeness (QED) is 0.699. The van der Waals surface area contributed by atoms with Gasteiger partial charge in [-0.15, -0.1) is 0 Å². The molecule has 0 radical (unpaired) electrons. The molecule has 0 heterocycles. The standard InChI is InChI=1S/C12H13BrClF/c13-9-5-4-8(6-9)7-10-11(14)2-1-3-12(10)15/h1-3,8-9H,4-7H2. The summed E-state index contributed by atoms with van der Waals surface area (Å²) in [6.45, 7) is 0. The second kappa shape index (κ2) is 4.84. The van der Waals surface area contributed by atoms with Gasteiger partial charge < -0.3 is 0 Å². The van der Waals surface area contributed by atoms with Crippen molar-refractivity contribution >= 4 is 27.5 Å². The Labute approximate surface area is 103 Å². The molecular formula is C12H13BrClF. The maximum atomic E-state index is 13.5. The minimum atomic E-state index is -0.166. The molecule has 1 aromatic rings. The Morgan fingerprint density at radius 2 is 2.20 bits per heavy atom. The molecule has 15 heavy (non-hydrogen) atoms. The average Bonchev–Trinajstić information content (AvgIpc) is 2.58. The van der Waals surface area contributed by atoms with Gasteiger partial charge in [0.1, 0.15) is 5.82 Å². The van der Waals surface area contributed by atoms with Crippen molar-refractivity contribution in [2.45, 2.75) is 30.5 Å². The monoisotopic (exact) mass is 290 g/mol. The van der Waals surface area contributed by atoms with E-state index >= 15 is 0 Å². The molecule has 0 nitrogen and oxygen atoms in total. The topological polar surface area (TPSA) is 0 Å². The van der Waals surface area contributed by atoms with Gasteiger partial charge in [0.2, 0.25) is 0 Å². The molecule has 1 aliphatic rings. The zero-order valence-corrected chi connectivity index (χ0v) is 10.7. The third-order valence-corrected chi connectivity index (χ3v) is 4.22. The fourth-order valence-corrected chi connectivity index (χ4v) is 3.25. The molecule has 0 spiro atoms. The van der Waals surface area contributed by atoms with Crippen LogP contribution in [0.15, 0.2) is 18.2 Å². The van der Waals surface area contributed by atoms with Crippen molar-refractivity contribution in [3.63, 3.8) is 0 Å². The predicted molar refractivity (Wildman–Crippen MR) is 65.2 cm³/mol. The highest BCUT2D eigenvalue weighted by atomic mass is 79.9. The van der Waals surface area contributed by atoms with Crippen LogP contribution >= 0.6 is 27.5 Å². The largest absolute Gasteiger partial charge is 0.207 e. The second-order valence-corrected chi connectivity index (χ2v) is 5.88. The highest BCUT2D eigenvalue weighted by Crippen LogP contribution is 2.34. The van der Waals surface area contributed by atoms with Gasteiger partial charge in [0.05, 0.1) is 0 Å². The molecule has 0 aliphatic heterocycles. The van der Waals surface area contributed by atoms with Crippen LogP contribution in [-0.4, -0.2) is 4.83 Å². The minimum Gasteiger partial charge on any atom is -0.207 e. The molecule has 1 aromatic carbocycles. The number of alkyl halides is 1. The molecule has 1 fully saturated rings. The average molecular weight is 292 g/mol. The van der Waals surface area contributed by atoms with E-state index in [1.807, 2.05) is 0 Å². The molecule has 0 bridgehead atoms. The Hall–Kier alpha value is -0.0800. The van der Waals surface area contributed by atoms with Crippen LogP contribution in [0.25, 0.3) is 0 Å². The van der Waals surface area contributed by atoms with Crippen molar-refractivity contribution in [2.75, 3.05) is 0 Å². The number of hydrogen-bond acceptors (Lipinski definition) is 0. The summed E-state index contributed by atoms with van der Waals surface area (Å²) in [7, 11) is 0. The SMILES string of the molecule is Fc1cccc(Cl)c1CC1CCC(Br)C1. The van der Waals surface area contributed by atoms with E-state index < -0.39 is 0 Å². The van der Waals surface area contributed by atoms with E-state index in [1.165, 1.54) is 18.9 Å². The summed E-state index contributed by atoms with van der Waals surface area (Å²) in [6.07, 6.45) is 4.26. The Morgan fingerprint density at radius 1 is 1.40 bits per heavy atom. The van der Waals surface area contributed by atoms with Crippen LogP contribution in [0.2, 0.25) is 5.02 Å². The Morgan fingerprint density at radius 3 is 2.80 bits per heavy atom. The second-order valence-electron chi connectivity index (χ2n) is 4.18. The van der Waals surface area contributed by atoms with Gasteiger partial charge in [0, 0.05) is 15.4 Å². The van der Waals surface area contributed by atoms with Gasteiger partial charge in [-0.1, -0.05) is 33.6 Å². The normalized spacial score (nSPS) is 25.8. The highest BCUT2D eigenvalue weighted by molar-refractivity contribution is 9.09. The number of rotatable bonds is 2. The van der Waals surface area contributed by atoms with Crippen molar-refractivity contribution in [2.24, 2.45) is 5.92 Å². The maximum absolute atomic E-state index is 13.5. The molecule has 2 rings (SSSR count). The fourth-order valence-electron chi connectivity index (χ4n) is 2.22. The minimum absolute atomic E-state index is 0.166.